The maximum atomic E-state index is 10.4. The third-order valence-corrected chi connectivity index (χ3v) is 5.24. The van der Waals surface area contributed by atoms with Crippen molar-refractivity contribution >= 4 is 0 Å². The van der Waals surface area contributed by atoms with E-state index in [1.54, 1.807) is 0 Å². The third kappa shape index (κ3) is 5.20. The first-order valence-electron chi connectivity index (χ1n) is 9.19. The van der Waals surface area contributed by atoms with Gasteiger partial charge in [-0.25, -0.2) is 0 Å². The largest absolute Gasteiger partial charge is 0.490 e. The Hall–Kier alpha value is -1.10. The van der Waals surface area contributed by atoms with Gasteiger partial charge < -0.3 is 19.6 Å². The SMILES string of the molecule is CCN(C)CC1CCN(CC(O)COc2c(C)ccc(C)c2C)C1. The minimum atomic E-state index is -0.438. The molecule has 1 aliphatic heterocycles. The molecule has 1 aromatic rings. The van der Waals surface area contributed by atoms with E-state index in [-0.39, 0.29) is 0 Å². The van der Waals surface area contributed by atoms with E-state index < -0.39 is 6.10 Å². The molecule has 4 nitrogen and oxygen atoms in total. The number of β-amino-alcohol motifs (C(OH)–C–C–N with tert-alkyl or cyclic N) is 1. The smallest absolute Gasteiger partial charge is 0.125 e. The fraction of sp³-hybridized carbons (Fsp3) is 0.700. The second-order valence-electron chi connectivity index (χ2n) is 7.39. The van der Waals surface area contributed by atoms with Gasteiger partial charge >= 0.3 is 0 Å². The van der Waals surface area contributed by atoms with Crippen LogP contribution >= 0.6 is 0 Å². The predicted molar refractivity (Wildman–Crippen MR) is 99.9 cm³/mol. The highest BCUT2D eigenvalue weighted by molar-refractivity contribution is 5.44. The van der Waals surface area contributed by atoms with Gasteiger partial charge in [0.05, 0.1) is 0 Å². The molecule has 136 valence electrons. The Balaban J connectivity index is 1.78. The molecule has 0 amide bonds. The Morgan fingerprint density at radius 2 is 2.00 bits per heavy atom. The summed E-state index contributed by atoms with van der Waals surface area (Å²) in [5, 5.41) is 10.4. The molecular weight excluding hydrogens is 300 g/mol. The van der Waals surface area contributed by atoms with Crippen LogP contribution in [0.3, 0.4) is 0 Å². The van der Waals surface area contributed by atoms with E-state index >= 15 is 0 Å². The lowest BCUT2D eigenvalue weighted by Crippen LogP contribution is -2.35. The predicted octanol–water partition coefficient (Wildman–Crippen LogP) is 2.63. The first-order chi connectivity index (χ1) is 11.4. The lowest BCUT2D eigenvalue weighted by atomic mass is 10.1. The van der Waals surface area contributed by atoms with E-state index in [0.717, 1.165) is 43.4 Å². The van der Waals surface area contributed by atoms with Gasteiger partial charge in [0.1, 0.15) is 18.5 Å². The van der Waals surface area contributed by atoms with Gasteiger partial charge in [-0.1, -0.05) is 19.1 Å². The summed E-state index contributed by atoms with van der Waals surface area (Å²) in [5.41, 5.74) is 3.53. The van der Waals surface area contributed by atoms with Gasteiger partial charge in [-0.15, -0.1) is 0 Å². The Labute approximate surface area is 147 Å². The molecule has 2 unspecified atom stereocenters. The van der Waals surface area contributed by atoms with Crippen LogP contribution in [0.1, 0.15) is 30.0 Å². The Bertz CT molecular complexity index is 533. The van der Waals surface area contributed by atoms with Crippen LogP contribution in [0.5, 0.6) is 5.75 Å². The number of hydrogen-bond acceptors (Lipinski definition) is 4. The molecule has 1 aromatic carbocycles. The number of hydrogen-bond donors (Lipinski definition) is 1. The van der Waals surface area contributed by atoms with Gasteiger partial charge in [0.25, 0.3) is 0 Å². The van der Waals surface area contributed by atoms with E-state index in [1.807, 2.05) is 0 Å². The topological polar surface area (TPSA) is 35.9 Å². The molecule has 0 aliphatic carbocycles. The summed E-state index contributed by atoms with van der Waals surface area (Å²) >= 11 is 0. The summed E-state index contributed by atoms with van der Waals surface area (Å²) in [7, 11) is 2.18. The highest BCUT2D eigenvalue weighted by Gasteiger charge is 2.25. The molecule has 1 fully saturated rings. The second-order valence-corrected chi connectivity index (χ2v) is 7.39. The first kappa shape index (κ1) is 19.2. The van der Waals surface area contributed by atoms with Crippen molar-refractivity contribution in [3.8, 4) is 5.75 Å². The summed E-state index contributed by atoms with van der Waals surface area (Å²) in [4.78, 5) is 4.75. The van der Waals surface area contributed by atoms with Gasteiger partial charge in [0.2, 0.25) is 0 Å². The fourth-order valence-electron chi connectivity index (χ4n) is 3.48. The van der Waals surface area contributed by atoms with E-state index in [2.05, 4.69) is 56.7 Å². The highest BCUT2D eigenvalue weighted by atomic mass is 16.5. The number of aliphatic hydroxyl groups excluding tert-OH is 1. The van der Waals surface area contributed by atoms with Crippen molar-refractivity contribution in [2.75, 3.05) is 46.4 Å². The monoisotopic (exact) mass is 334 g/mol. The van der Waals surface area contributed by atoms with E-state index in [4.69, 9.17) is 4.74 Å². The molecule has 0 saturated carbocycles. The van der Waals surface area contributed by atoms with Crippen molar-refractivity contribution < 1.29 is 9.84 Å². The minimum Gasteiger partial charge on any atom is -0.490 e. The van der Waals surface area contributed by atoms with Crippen LogP contribution in [-0.2, 0) is 0 Å². The molecule has 1 heterocycles. The Morgan fingerprint density at radius 1 is 1.29 bits per heavy atom. The van der Waals surface area contributed by atoms with Crippen LogP contribution in [-0.4, -0.2) is 67.4 Å². The molecule has 2 atom stereocenters. The van der Waals surface area contributed by atoms with Crippen LogP contribution in [0.2, 0.25) is 0 Å². The third-order valence-electron chi connectivity index (χ3n) is 5.24. The van der Waals surface area contributed by atoms with Crippen LogP contribution < -0.4 is 4.74 Å². The standard InChI is InChI=1S/C20H34N2O2/c1-6-21(5)11-18-9-10-22(12-18)13-19(23)14-24-20-16(3)8-7-15(2)17(20)4/h7-8,18-19,23H,6,9-14H2,1-5H3. The molecule has 4 heteroatoms. The van der Waals surface area contributed by atoms with Crippen molar-refractivity contribution in [2.45, 2.75) is 40.2 Å². The van der Waals surface area contributed by atoms with Gasteiger partial charge in [-0.05, 0) is 69.9 Å². The lowest BCUT2D eigenvalue weighted by molar-refractivity contribution is 0.0736. The average Bonchev–Trinajstić information content (AvgIpc) is 2.97. The van der Waals surface area contributed by atoms with Crippen LogP contribution in [0, 0.1) is 26.7 Å². The van der Waals surface area contributed by atoms with Crippen molar-refractivity contribution in [2.24, 2.45) is 5.92 Å². The molecule has 1 aliphatic rings. The van der Waals surface area contributed by atoms with E-state index in [0.29, 0.717) is 13.2 Å². The zero-order valence-electron chi connectivity index (χ0n) is 16.0. The maximum absolute atomic E-state index is 10.4. The summed E-state index contributed by atoms with van der Waals surface area (Å²) < 4.78 is 5.94. The molecule has 2 rings (SSSR count). The zero-order valence-corrected chi connectivity index (χ0v) is 16.0. The number of ether oxygens (including phenoxy) is 1. The fourth-order valence-corrected chi connectivity index (χ4v) is 3.48. The first-order valence-corrected chi connectivity index (χ1v) is 9.19. The van der Waals surface area contributed by atoms with Gasteiger partial charge in [0, 0.05) is 19.6 Å². The molecule has 24 heavy (non-hydrogen) atoms. The Morgan fingerprint density at radius 3 is 2.71 bits per heavy atom. The van der Waals surface area contributed by atoms with Gasteiger partial charge in [0.15, 0.2) is 0 Å². The summed E-state index contributed by atoms with van der Waals surface area (Å²) in [6.45, 7) is 13.9. The van der Waals surface area contributed by atoms with Crippen LogP contribution in [0.15, 0.2) is 12.1 Å². The number of rotatable bonds is 8. The molecule has 0 radical (unpaired) electrons. The summed E-state index contributed by atoms with van der Waals surface area (Å²) in [6, 6.07) is 4.20. The van der Waals surface area contributed by atoms with Gasteiger partial charge in [-0.2, -0.15) is 0 Å². The van der Waals surface area contributed by atoms with Crippen molar-refractivity contribution in [3.05, 3.63) is 28.8 Å². The summed E-state index contributed by atoms with van der Waals surface area (Å²) in [5.74, 6) is 1.65. The number of aryl methyl sites for hydroxylation is 2. The molecule has 0 aromatic heterocycles. The van der Waals surface area contributed by atoms with Gasteiger partial charge in [-0.3, -0.25) is 0 Å². The molecular formula is C20H34N2O2. The van der Waals surface area contributed by atoms with Crippen LogP contribution in [0.25, 0.3) is 0 Å². The van der Waals surface area contributed by atoms with Crippen molar-refractivity contribution in [1.82, 2.24) is 9.80 Å². The quantitative estimate of drug-likeness (QED) is 0.793. The average molecular weight is 335 g/mol. The van der Waals surface area contributed by atoms with Crippen molar-refractivity contribution in [1.29, 1.82) is 0 Å². The zero-order chi connectivity index (χ0) is 17.7. The number of benzene rings is 1. The molecule has 0 bridgehead atoms. The molecule has 0 spiro atoms. The normalized spacial score (nSPS) is 19.9. The van der Waals surface area contributed by atoms with Crippen molar-refractivity contribution in [3.63, 3.8) is 0 Å². The number of aliphatic hydroxyl groups is 1. The van der Waals surface area contributed by atoms with Crippen LogP contribution in [0.4, 0.5) is 0 Å². The minimum absolute atomic E-state index is 0.362. The number of likely N-dealkylation sites (tertiary alicyclic amines) is 1. The maximum Gasteiger partial charge on any atom is 0.125 e. The summed E-state index contributed by atoms with van der Waals surface area (Å²) in [6.07, 6.45) is 0.792. The lowest BCUT2D eigenvalue weighted by Gasteiger charge is -2.23. The molecule has 1 N–H and O–H groups in total. The van der Waals surface area contributed by atoms with E-state index in [1.165, 1.54) is 17.5 Å². The molecule has 1 saturated heterocycles. The highest BCUT2D eigenvalue weighted by Crippen LogP contribution is 2.26. The second kappa shape index (κ2) is 8.84. The number of nitrogens with zero attached hydrogens (tertiary/aromatic N) is 2. The Kier molecular flexibility index (Phi) is 7.08. The van der Waals surface area contributed by atoms with E-state index in [9.17, 15) is 5.11 Å².